The van der Waals surface area contributed by atoms with Gasteiger partial charge in [0, 0.05) is 12.6 Å². The number of carboxylic acid groups (broad SMARTS) is 1. The van der Waals surface area contributed by atoms with E-state index in [9.17, 15) is 23.1 Å². The number of aliphatic carboxylic acids is 1. The van der Waals surface area contributed by atoms with Gasteiger partial charge in [0.15, 0.2) is 12.1 Å². The van der Waals surface area contributed by atoms with Gasteiger partial charge in [-0.1, -0.05) is 0 Å². The number of benzene rings is 1. The second kappa shape index (κ2) is 8.62. The van der Waals surface area contributed by atoms with Crippen molar-refractivity contribution in [2.75, 3.05) is 7.11 Å². The summed E-state index contributed by atoms with van der Waals surface area (Å²) in [5, 5.41) is 14.1. The average Bonchev–Trinajstić information content (AvgIpc) is 3.15. The third-order valence-corrected chi connectivity index (χ3v) is 7.38. The minimum atomic E-state index is -4.20. The van der Waals surface area contributed by atoms with E-state index in [-0.39, 0.29) is 17.5 Å². The van der Waals surface area contributed by atoms with Crippen LogP contribution in [0.5, 0.6) is 5.75 Å². The molecule has 162 valence electrons. The van der Waals surface area contributed by atoms with Crippen LogP contribution in [0, 0.1) is 0 Å². The van der Waals surface area contributed by atoms with Crippen LogP contribution in [0.3, 0.4) is 0 Å². The fourth-order valence-corrected chi connectivity index (χ4v) is 5.70. The molecule has 0 bridgehead atoms. The molecule has 2 atom stereocenters. The molecule has 1 aromatic heterocycles. The van der Waals surface area contributed by atoms with Crippen LogP contribution in [0.25, 0.3) is 0 Å². The highest BCUT2D eigenvalue weighted by atomic mass is 32.2. The number of ether oxygens (including phenoxy) is 2. The van der Waals surface area contributed by atoms with Crippen molar-refractivity contribution in [3.8, 4) is 5.75 Å². The molecule has 1 amide bonds. The summed E-state index contributed by atoms with van der Waals surface area (Å²) >= 11 is 1.22. The van der Waals surface area contributed by atoms with Crippen LogP contribution in [0.15, 0.2) is 40.6 Å². The maximum atomic E-state index is 13.3. The minimum absolute atomic E-state index is 0.0846. The summed E-state index contributed by atoms with van der Waals surface area (Å²) < 4.78 is 37.9. The second-order valence-electron chi connectivity index (χ2n) is 6.94. The first-order chi connectivity index (χ1) is 14.1. The number of sulfonamides is 1. The molecule has 2 unspecified atom stereocenters. The van der Waals surface area contributed by atoms with Gasteiger partial charge in [0.25, 0.3) is 0 Å². The lowest BCUT2D eigenvalue weighted by Gasteiger charge is -2.37. The lowest BCUT2D eigenvalue weighted by molar-refractivity contribution is -0.146. The molecule has 0 spiro atoms. The van der Waals surface area contributed by atoms with E-state index in [0.717, 1.165) is 4.31 Å². The molecular formula is C19H22N2O7S2. The molecule has 0 aliphatic carbocycles. The average molecular weight is 455 g/mol. The zero-order valence-corrected chi connectivity index (χ0v) is 18.2. The number of hydrogen-bond acceptors (Lipinski definition) is 7. The van der Waals surface area contributed by atoms with Gasteiger partial charge in [0.2, 0.25) is 10.0 Å². The van der Waals surface area contributed by atoms with Gasteiger partial charge in [-0.25, -0.2) is 13.2 Å². The van der Waals surface area contributed by atoms with E-state index in [1.807, 2.05) is 0 Å². The Labute approximate surface area is 178 Å². The van der Waals surface area contributed by atoms with Gasteiger partial charge in [-0.05, 0) is 55.1 Å². The smallest absolute Gasteiger partial charge is 0.408 e. The fourth-order valence-electron chi connectivity index (χ4n) is 3.16. The largest absolute Gasteiger partial charge is 0.497 e. The van der Waals surface area contributed by atoms with E-state index in [4.69, 9.17) is 9.47 Å². The summed E-state index contributed by atoms with van der Waals surface area (Å²) in [4.78, 5) is 24.8. The second-order valence-corrected chi connectivity index (χ2v) is 9.78. The van der Waals surface area contributed by atoms with E-state index >= 15 is 0 Å². The van der Waals surface area contributed by atoms with Crippen LogP contribution >= 0.6 is 11.3 Å². The standard InChI is InChI=1S/C19H22N2O7S2/c1-11(2)20-19(24)28-16-15(18(22)23)21(10-12-8-9-29-17(12)16)30(25,26)14-6-4-13(27-3)5-7-14/h4-9,11,15-16H,10H2,1-3H3,(H,20,24)(H,22,23). The van der Waals surface area contributed by atoms with Crippen molar-refractivity contribution in [3.63, 3.8) is 0 Å². The van der Waals surface area contributed by atoms with E-state index < -0.39 is 34.2 Å². The van der Waals surface area contributed by atoms with Gasteiger partial charge in [-0.15, -0.1) is 11.3 Å². The Morgan fingerprint density at radius 2 is 1.90 bits per heavy atom. The van der Waals surface area contributed by atoms with Crippen molar-refractivity contribution >= 4 is 33.4 Å². The highest BCUT2D eigenvalue weighted by Gasteiger charge is 2.48. The van der Waals surface area contributed by atoms with Crippen LogP contribution in [0.1, 0.15) is 30.4 Å². The van der Waals surface area contributed by atoms with Crippen LogP contribution in [0.2, 0.25) is 0 Å². The Balaban J connectivity index is 2.03. The Morgan fingerprint density at radius 1 is 1.23 bits per heavy atom. The van der Waals surface area contributed by atoms with Crippen LogP contribution in [-0.2, 0) is 26.1 Å². The van der Waals surface area contributed by atoms with E-state index in [1.54, 1.807) is 25.3 Å². The van der Waals surface area contributed by atoms with Crippen molar-refractivity contribution in [1.82, 2.24) is 9.62 Å². The molecule has 30 heavy (non-hydrogen) atoms. The number of carbonyl (C=O) groups excluding carboxylic acids is 1. The monoisotopic (exact) mass is 454 g/mol. The lowest BCUT2D eigenvalue weighted by Crippen LogP contribution is -2.52. The topological polar surface area (TPSA) is 122 Å². The number of amides is 1. The first-order valence-corrected chi connectivity index (χ1v) is 11.4. The number of rotatable bonds is 6. The van der Waals surface area contributed by atoms with Crippen molar-refractivity contribution in [2.24, 2.45) is 0 Å². The first kappa shape index (κ1) is 22.1. The molecule has 2 N–H and O–H groups in total. The number of nitrogens with one attached hydrogen (secondary N) is 1. The van der Waals surface area contributed by atoms with Crippen molar-refractivity contribution in [2.45, 2.75) is 43.5 Å². The number of methoxy groups -OCH3 is 1. The summed E-state index contributed by atoms with van der Waals surface area (Å²) in [6.07, 6.45) is -2.10. The van der Waals surface area contributed by atoms with Crippen molar-refractivity contribution in [3.05, 3.63) is 46.2 Å². The normalized spacial score (nSPS) is 19.2. The van der Waals surface area contributed by atoms with E-state index in [2.05, 4.69) is 5.32 Å². The molecule has 2 heterocycles. The van der Waals surface area contributed by atoms with Gasteiger partial charge in [0.1, 0.15) is 5.75 Å². The third kappa shape index (κ3) is 4.27. The molecular weight excluding hydrogens is 432 g/mol. The summed E-state index contributed by atoms with van der Waals surface area (Å²) in [7, 11) is -2.75. The highest BCUT2D eigenvalue weighted by Crippen LogP contribution is 2.40. The fraction of sp³-hybridized carbons (Fsp3) is 0.368. The minimum Gasteiger partial charge on any atom is -0.497 e. The van der Waals surface area contributed by atoms with E-state index in [1.165, 1.54) is 42.7 Å². The number of alkyl carbamates (subject to hydrolysis) is 1. The summed E-state index contributed by atoms with van der Waals surface area (Å²) in [5.41, 5.74) is 0.594. The summed E-state index contributed by atoms with van der Waals surface area (Å²) in [6.45, 7) is 3.32. The Morgan fingerprint density at radius 3 is 2.47 bits per heavy atom. The summed E-state index contributed by atoms with van der Waals surface area (Å²) in [6, 6.07) is 5.51. The molecule has 0 radical (unpaired) electrons. The first-order valence-electron chi connectivity index (χ1n) is 9.07. The summed E-state index contributed by atoms with van der Waals surface area (Å²) in [5.74, 6) is -0.942. The Hall–Kier alpha value is -2.63. The zero-order chi connectivity index (χ0) is 22.1. The number of fused-ring (bicyclic) bond motifs is 1. The zero-order valence-electron chi connectivity index (χ0n) is 16.6. The SMILES string of the molecule is COc1ccc(S(=O)(=O)N2Cc3ccsc3C(OC(=O)NC(C)C)C2C(=O)O)cc1. The predicted octanol–water partition coefficient (Wildman–Crippen LogP) is 2.59. The molecule has 1 aliphatic heterocycles. The lowest BCUT2D eigenvalue weighted by atomic mass is 10.0. The number of carbonyl (C=O) groups is 2. The number of hydrogen-bond donors (Lipinski definition) is 2. The van der Waals surface area contributed by atoms with Crippen LogP contribution in [0.4, 0.5) is 4.79 Å². The van der Waals surface area contributed by atoms with Gasteiger partial charge < -0.3 is 19.9 Å². The Kier molecular flexibility index (Phi) is 6.34. The quantitative estimate of drug-likeness (QED) is 0.688. The molecule has 1 aromatic carbocycles. The Bertz CT molecular complexity index is 1030. The highest BCUT2D eigenvalue weighted by molar-refractivity contribution is 7.89. The maximum absolute atomic E-state index is 13.3. The number of nitrogens with zero attached hydrogens (tertiary/aromatic N) is 1. The van der Waals surface area contributed by atoms with Gasteiger partial charge in [-0.2, -0.15) is 4.31 Å². The predicted molar refractivity (Wildman–Crippen MR) is 109 cm³/mol. The maximum Gasteiger partial charge on any atom is 0.408 e. The number of thiophene rings is 1. The van der Waals surface area contributed by atoms with Crippen LogP contribution < -0.4 is 10.1 Å². The van der Waals surface area contributed by atoms with E-state index in [0.29, 0.717) is 16.2 Å². The molecule has 2 aromatic rings. The van der Waals surface area contributed by atoms with Gasteiger partial charge in [0.05, 0.1) is 16.9 Å². The number of carboxylic acids is 1. The molecule has 0 fully saturated rings. The van der Waals surface area contributed by atoms with Crippen LogP contribution in [-0.4, -0.2) is 49.1 Å². The van der Waals surface area contributed by atoms with Crippen molar-refractivity contribution < 1.29 is 32.6 Å². The molecule has 11 heteroatoms. The molecule has 0 saturated heterocycles. The van der Waals surface area contributed by atoms with Crippen molar-refractivity contribution in [1.29, 1.82) is 0 Å². The third-order valence-electron chi connectivity index (χ3n) is 4.52. The van der Waals surface area contributed by atoms with Gasteiger partial charge in [-0.3, -0.25) is 4.79 Å². The molecule has 1 aliphatic rings. The molecule has 0 saturated carbocycles. The molecule has 9 nitrogen and oxygen atoms in total. The van der Waals surface area contributed by atoms with Gasteiger partial charge >= 0.3 is 12.1 Å². The molecule has 3 rings (SSSR count).